The average molecular weight is 279 g/mol. The molecule has 0 spiro atoms. The standard InChI is InChI=1S/C11H7ClF4N2/c1-18-10(11(14,15)16)8(12)9(17-18)6-4-2-3-5-7(6)13/h2-5H,1H3. The molecule has 0 atom stereocenters. The number of halogens is 5. The van der Waals surface area contributed by atoms with Crippen LogP contribution >= 0.6 is 11.6 Å². The Bertz CT molecular complexity index is 589. The summed E-state index contributed by atoms with van der Waals surface area (Å²) < 4.78 is 52.2. The van der Waals surface area contributed by atoms with Crippen LogP contribution in [-0.2, 0) is 13.2 Å². The molecule has 2 aromatic rings. The smallest absolute Gasteiger partial charge is 0.262 e. The van der Waals surface area contributed by atoms with E-state index in [-0.39, 0.29) is 11.3 Å². The van der Waals surface area contributed by atoms with Crippen molar-refractivity contribution < 1.29 is 17.6 Å². The van der Waals surface area contributed by atoms with Gasteiger partial charge in [0, 0.05) is 12.6 Å². The third-order valence-electron chi connectivity index (χ3n) is 2.39. The summed E-state index contributed by atoms with van der Waals surface area (Å²) in [5, 5.41) is 3.03. The quantitative estimate of drug-likeness (QED) is 0.724. The van der Waals surface area contributed by atoms with Crippen LogP contribution in [0.5, 0.6) is 0 Å². The number of aromatic nitrogens is 2. The number of hydrogen-bond donors (Lipinski definition) is 0. The van der Waals surface area contributed by atoms with Gasteiger partial charge in [0.1, 0.15) is 11.5 Å². The molecule has 2 rings (SSSR count). The maximum absolute atomic E-state index is 13.5. The van der Waals surface area contributed by atoms with Crippen LogP contribution in [0.15, 0.2) is 24.3 Å². The van der Waals surface area contributed by atoms with Crippen molar-refractivity contribution in [3.63, 3.8) is 0 Å². The van der Waals surface area contributed by atoms with Crippen molar-refractivity contribution in [2.45, 2.75) is 6.18 Å². The number of aryl methyl sites for hydroxylation is 1. The summed E-state index contributed by atoms with van der Waals surface area (Å²) in [4.78, 5) is 0. The molecule has 0 fully saturated rings. The monoisotopic (exact) mass is 278 g/mol. The highest BCUT2D eigenvalue weighted by molar-refractivity contribution is 6.33. The Morgan fingerprint density at radius 2 is 1.83 bits per heavy atom. The van der Waals surface area contributed by atoms with E-state index in [2.05, 4.69) is 5.10 Å². The van der Waals surface area contributed by atoms with Gasteiger partial charge >= 0.3 is 6.18 Å². The van der Waals surface area contributed by atoms with Gasteiger partial charge in [0.05, 0.1) is 5.02 Å². The molecule has 0 aliphatic heterocycles. The Hall–Kier alpha value is -1.56. The largest absolute Gasteiger partial charge is 0.434 e. The normalized spacial score (nSPS) is 11.9. The Morgan fingerprint density at radius 3 is 2.33 bits per heavy atom. The molecular formula is C11H7ClF4N2. The lowest BCUT2D eigenvalue weighted by Crippen LogP contribution is -2.12. The highest BCUT2D eigenvalue weighted by atomic mass is 35.5. The number of hydrogen-bond acceptors (Lipinski definition) is 1. The van der Waals surface area contributed by atoms with Gasteiger partial charge in [-0.2, -0.15) is 18.3 Å². The maximum atomic E-state index is 13.5. The van der Waals surface area contributed by atoms with Crippen molar-refractivity contribution in [3.8, 4) is 11.3 Å². The fourth-order valence-electron chi connectivity index (χ4n) is 1.63. The molecule has 1 aromatic carbocycles. The number of rotatable bonds is 1. The van der Waals surface area contributed by atoms with Crippen LogP contribution in [0.4, 0.5) is 17.6 Å². The summed E-state index contributed by atoms with van der Waals surface area (Å²) in [5.41, 5.74) is -1.37. The molecule has 0 radical (unpaired) electrons. The van der Waals surface area contributed by atoms with Crippen molar-refractivity contribution in [2.75, 3.05) is 0 Å². The summed E-state index contributed by atoms with van der Waals surface area (Å²) in [6, 6.07) is 5.38. The lowest BCUT2D eigenvalue weighted by atomic mass is 10.1. The molecule has 0 saturated carbocycles. The zero-order valence-electron chi connectivity index (χ0n) is 9.09. The van der Waals surface area contributed by atoms with E-state index < -0.39 is 22.7 Å². The SMILES string of the molecule is Cn1nc(-c2ccccc2F)c(Cl)c1C(F)(F)F. The van der Waals surface area contributed by atoms with E-state index >= 15 is 0 Å². The first kappa shape index (κ1) is 12.9. The Kier molecular flexibility index (Phi) is 3.06. The summed E-state index contributed by atoms with van der Waals surface area (Å²) in [7, 11) is 1.11. The van der Waals surface area contributed by atoms with E-state index in [9.17, 15) is 17.6 Å². The number of nitrogens with zero attached hydrogens (tertiary/aromatic N) is 2. The van der Waals surface area contributed by atoms with E-state index in [4.69, 9.17) is 11.6 Å². The summed E-state index contributed by atoms with van der Waals surface area (Å²) >= 11 is 5.65. The van der Waals surface area contributed by atoms with Crippen LogP contribution in [0.2, 0.25) is 5.02 Å². The van der Waals surface area contributed by atoms with Crippen LogP contribution in [0.25, 0.3) is 11.3 Å². The Morgan fingerprint density at radius 1 is 1.22 bits per heavy atom. The molecule has 0 N–H and O–H groups in total. The summed E-state index contributed by atoms with van der Waals surface area (Å²) in [6.45, 7) is 0. The second-order valence-corrected chi connectivity index (χ2v) is 3.99. The van der Waals surface area contributed by atoms with Gasteiger partial charge in [0.15, 0.2) is 5.69 Å². The molecule has 0 saturated heterocycles. The van der Waals surface area contributed by atoms with Crippen LogP contribution in [0.1, 0.15) is 5.69 Å². The Labute approximate surface area is 105 Å². The van der Waals surface area contributed by atoms with Gasteiger partial charge < -0.3 is 0 Å². The highest BCUT2D eigenvalue weighted by Crippen LogP contribution is 2.39. The van der Waals surface area contributed by atoms with E-state index in [0.29, 0.717) is 4.68 Å². The molecule has 0 aliphatic carbocycles. The Balaban J connectivity index is 2.66. The first-order valence-electron chi connectivity index (χ1n) is 4.87. The van der Waals surface area contributed by atoms with Gasteiger partial charge in [-0.1, -0.05) is 23.7 Å². The van der Waals surface area contributed by atoms with Gasteiger partial charge in [-0.05, 0) is 12.1 Å². The van der Waals surface area contributed by atoms with Crippen LogP contribution in [0, 0.1) is 5.82 Å². The first-order chi connectivity index (χ1) is 8.32. The predicted molar refractivity (Wildman–Crippen MR) is 58.6 cm³/mol. The minimum Gasteiger partial charge on any atom is -0.262 e. The van der Waals surface area contributed by atoms with E-state index in [1.165, 1.54) is 18.2 Å². The molecule has 2 nitrogen and oxygen atoms in total. The second-order valence-electron chi connectivity index (χ2n) is 3.61. The summed E-state index contributed by atoms with van der Waals surface area (Å²) in [6.07, 6.45) is -4.64. The molecule has 0 amide bonds. The molecule has 0 aliphatic rings. The molecule has 1 heterocycles. The molecule has 0 unspecified atom stereocenters. The van der Waals surface area contributed by atoms with Crippen molar-refractivity contribution in [3.05, 3.63) is 40.8 Å². The minimum atomic E-state index is -4.64. The van der Waals surface area contributed by atoms with Gasteiger partial charge in [0.2, 0.25) is 0 Å². The third-order valence-corrected chi connectivity index (χ3v) is 2.74. The molecule has 1 aromatic heterocycles. The average Bonchev–Trinajstić information content (AvgIpc) is 2.54. The van der Waals surface area contributed by atoms with Gasteiger partial charge in [-0.15, -0.1) is 0 Å². The van der Waals surface area contributed by atoms with Crippen molar-refractivity contribution in [2.24, 2.45) is 7.05 Å². The lowest BCUT2D eigenvalue weighted by Gasteiger charge is -2.06. The topological polar surface area (TPSA) is 17.8 Å². The second kappa shape index (κ2) is 4.28. The highest BCUT2D eigenvalue weighted by Gasteiger charge is 2.39. The van der Waals surface area contributed by atoms with Crippen LogP contribution in [0.3, 0.4) is 0 Å². The molecule has 7 heteroatoms. The number of alkyl halides is 3. The van der Waals surface area contributed by atoms with E-state index in [1.54, 1.807) is 0 Å². The fraction of sp³-hybridized carbons (Fsp3) is 0.182. The zero-order chi connectivity index (χ0) is 13.5. The maximum Gasteiger partial charge on any atom is 0.434 e. The van der Waals surface area contributed by atoms with Gasteiger partial charge in [0.25, 0.3) is 0 Å². The fourth-order valence-corrected chi connectivity index (χ4v) is 2.00. The van der Waals surface area contributed by atoms with Crippen LogP contribution < -0.4 is 0 Å². The first-order valence-corrected chi connectivity index (χ1v) is 5.24. The molecule has 0 bridgehead atoms. The van der Waals surface area contributed by atoms with Crippen molar-refractivity contribution in [1.82, 2.24) is 9.78 Å². The zero-order valence-corrected chi connectivity index (χ0v) is 9.85. The predicted octanol–water partition coefficient (Wildman–Crippen LogP) is 3.90. The van der Waals surface area contributed by atoms with E-state index in [0.717, 1.165) is 13.1 Å². The molecule has 18 heavy (non-hydrogen) atoms. The van der Waals surface area contributed by atoms with Crippen molar-refractivity contribution in [1.29, 1.82) is 0 Å². The molecule has 96 valence electrons. The minimum absolute atomic E-state index is 0.0615. The van der Waals surface area contributed by atoms with E-state index in [1.807, 2.05) is 0 Å². The molecular weight excluding hydrogens is 272 g/mol. The van der Waals surface area contributed by atoms with Gasteiger partial charge in [-0.25, -0.2) is 4.39 Å². The lowest BCUT2D eigenvalue weighted by molar-refractivity contribution is -0.143. The summed E-state index contributed by atoms with van der Waals surface area (Å²) in [5.74, 6) is -0.675. The number of benzene rings is 1. The van der Waals surface area contributed by atoms with Gasteiger partial charge in [-0.3, -0.25) is 4.68 Å². The van der Waals surface area contributed by atoms with Crippen molar-refractivity contribution >= 4 is 11.6 Å². The van der Waals surface area contributed by atoms with Crippen LogP contribution in [-0.4, -0.2) is 9.78 Å². The third kappa shape index (κ3) is 2.08.